The summed E-state index contributed by atoms with van der Waals surface area (Å²) in [5.74, 6) is 0.962. The van der Waals surface area contributed by atoms with Gasteiger partial charge in [0.2, 0.25) is 12.7 Å². The van der Waals surface area contributed by atoms with Crippen molar-refractivity contribution in [2.24, 2.45) is 0 Å². The number of halogens is 1. The number of nitrogens with zero attached hydrogens (tertiary/aromatic N) is 3. The fourth-order valence-corrected chi connectivity index (χ4v) is 5.32. The van der Waals surface area contributed by atoms with Crippen LogP contribution in [0, 0.1) is 0 Å². The van der Waals surface area contributed by atoms with Gasteiger partial charge in [0.05, 0.1) is 5.38 Å². The number of hydrogen-bond acceptors (Lipinski definition) is 8. The number of nitrogens with one attached hydrogen (secondary N) is 1. The highest BCUT2D eigenvalue weighted by molar-refractivity contribution is 7.16. The summed E-state index contributed by atoms with van der Waals surface area (Å²) in [5, 5.41) is 15.6. The number of ether oxygens (including phenoxy) is 2. The van der Waals surface area contributed by atoms with Gasteiger partial charge >= 0.3 is 5.97 Å². The molecule has 3 unspecified atom stereocenters. The first-order chi connectivity index (χ1) is 15.0. The van der Waals surface area contributed by atoms with E-state index in [0.29, 0.717) is 37.0 Å². The first-order valence-electron chi connectivity index (χ1n) is 9.96. The van der Waals surface area contributed by atoms with E-state index in [0.717, 1.165) is 15.8 Å². The maximum Gasteiger partial charge on any atom is 0.325 e. The molecule has 3 atom stereocenters. The zero-order valence-electron chi connectivity index (χ0n) is 16.7. The van der Waals surface area contributed by atoms with E-state index in [1.807, 2.05) is 41.5 Å². The molecular formula is C21H21ClN4O4S. The maximum absolute atomic E-state index is 12.4. The summed E-state index contributed by atoms with van der Waals surface area (Å²) in [6, 6.07) is 7.27. The Morgan fingerprint density at radius 1 is 1.39 bits per heavy atom. The Morgan fingerprint density at radius 3 is 3.06 bits per heavy atom. The number of piperidine rings is 1. The van der Waals surface area contributed by atoms with Gasteiger partial charge in [0, 0.05) is 30.7 Å². The summed E-state index contributed by atoms with van der Waals surface area (Å²) < 4.78 is 10.8. The number of hydrogen-bond donors (Lipinski definition) is 2. The van der Waals surface area contributed by atoms with Crippen LogP contribution < -0.4 is 19.7 Å². The molecule has 0 aliphatic carbocycles. The lowest BCUT2D eigenvalue weighted by molar-refractivity contribution is -0.146. The molecule has 2 aliphatic heterocycles. The molecule has 0 amide bonds. The summed E-state index contributed by atoms with van der Waals surface area (Å²) in [7, 11) is 0. The molecule has 2 aromatic heterocycles. The van der Waals surface area contributed by atoms with Gasteiger partial charge in [0.1, 0.15) is 10.4 Å². The number of carboxylic acids is 1. The SMILES string of the molecule is CC1C(Cl)C(NCc2ccc3c(c2)OCO3)(C(=O)O)CCN1c1ncc2ccsc2n1. The average Bonchev–Trinajstić information content (AvgIpc) is 3.43. The number of aliphatic carboxylic acids is 1. The third-order valence-electron chi connectivity index (χ3n) is 6.01. The van der Waals surface area contributed by atoms with Gasteiger partial charge in [-0.05, 0) is 42.5 Å². The molecule has 0 radical (unpaired) electrons. The summed E-state index contributed by atoms with van der Waals surface area (Å²) in [4.78, 5) is 24.4. The molecule has 1 fully saturated rings. The molecule has 10 heteroatoms. The van der Waals surface area contributed by atoms with Crippen molar-refractivity contribution in [1.29, 1.82) is 0 Å². The number of fused-ring (bicyclic) bond motifs is 2. The molecule has 1 saturated heterocycles. The van der Waals surface area contributed by atoms with Gasteiger partial charge in [-0.25, -0.2) is 9.97 Å². The van der Waals surface area contributed by atoms with E-state index in [1.54, 1.807) is 17.5 Å². The van der Waals surface area contributed by atoms with Crippen molar-refractivity contribution in [3.05, 3.63) is 41.4 Å². The van der Waals surface area contributed by atoms with E-state index in [-0.39, 0.29) is 12.8 Å². The lowest BCUT2D eigenvalue weighted by Gasteiger charge is -2.47. The fraction of sp³-hybridized carbons (Fsp3) is 0.381. The van der Waals surface area contributed by atoms with Crippen molar-refractivity contribution in [2.75, 3.05) is 18.2 Å². The first kappa shape index (κ1) is 20.3. The Hall–Kier alpha value is -2.62. The number of thiophene rings is 1. The Kier molecular flexibility index (Phi) is 5.11. The Morgan fingerprint density at radius 2 is 2.23 bits per heavy atom. The van der Waals surface area contributed by atoms with Gasteiger partial charge in [-0.2, -0.15) is 0 Å². The van der Waals surface area contributed by atoms with Crippen LogP contribution in [0.5, 0.6) is 11.5 Å². The van der Waals surface area contributed by atoms with Crippen LogP contribution in [-0.2, 0) is 11.3 Å². The third kappa shape index (κ3) is 3.46. The molecule has 2 N–H and O–H groups in total. The number of carboxylic acid groups (broad SMARTS) is 1. The van der Waals surface area contributed by atoms with E-state index in [9.17, 15) is 9.90 Å². The number of anilines is 1. The molecule has 162 valence electrons. The minimum atomic E-state index is -1.28. The number of alkyl halides is 1. The molecule has 0 spiro atoms. The van der Waals surface area contributed by atoms with Crippen LogP contribution in [0.1, 0.15) is 18.9 Å². The van der Waals surface area contributed by atoms with Gasteiger partial charge in [0.15, 0.2) is 11.5 Å². The van der Waals surface area contributed by atoms with Gasteiger partial charge in [-0.15, -0.1) is 22.9 Å². The van der Waals surface area contributed by atoms with E-state index in [2.05, 4.69) is 15.3 Å². The summed E-state index contributed by atoms with van der Waals surface area (Å²) in [5.41, 5.74) is -0.378. The molecule has 31 heavy (non-hydrogen) atoms. The number of benzene rings is 1. The van der Waals surface area contributed by atoms with Crippen LogP contribution in [-0.4, -0.2) is 51.3 Å². The van der Waals surface area contributed by atoms with Gasteiger partial charge < -0.3 is 19.5 Å². The van der Waals surface area contributed by atoms with Crippen LogP contribution in [0.25, 0.3) is 10.2 Å². The molecule has 3 aromatic rings. The average molecular weight is 461 g/mol. The van der Waals surface area contributed by atoms with Crippen LogP contribution in [0.4, 0.5) is 5.95 Å². The Balaban J connectivity index is 1.36. The summed E-state index contributed by atoms with van der Waals surface area (Å²) in [6.07, 6.45) is 2.11. The smallest absolute Gasteiger partial charge is 0.325 e. The second kappa shape index (κ2) is 7.81. The van der Waals surface area contributed by atoms with E-state index in [4.69, 9.17) is 21.1 Å². The molecular weight excluding hydrogens is 440 g/mol. The van der Waals surface area contributed by atoms with Crippen molar-refractivity contribution in [2.45, 2.75) is 36.8 Å². The lowest BCUT2D eigenvalue weighted by Crippen LogP contribution is -2.68. The van der Waals surface area contributed by atoms with Gasteiger partial charge in [-0.1, -0.05) is 6.07 Å². The molecule has 8 nitrogen and oxygen atoms in total. The highest BCUT2D eigenvalue weighted by atomic mass is 35.5. The maximum atomic E-state index is 12.4. The zero-order chi connectivity index (χ0) is 21.6. The quantitative estimate of drug-likeness (QED) is 0.560. The third-order valence-corrected chi connectivity index (χ3v) is 7.57. The molecule has 2 aliphatic rings. The molecule has 4 heterocycles. The predicted octanol–water partition coefficient (Wildman–Crippen LogP) is 3.24. The highest BCUT2D eigenvalue weighted by Gasteiger charge is 2.52. The largest absolute Gasteiger partial charge is 0.480 e. The Labute approximate surface area is 187 Å². The minimum absolute atomic E-state index is 0.196. The van der Waals surface area contributed by atoms with Crippen LogP contribution >= 0.6 is 22.9 Å². The fourth-order valence-electron chi connectivity index (χ4n) is 4.17. The second-order valence-corrected chi connectivity index (χ2v) is 9.12. The van der Waals surface area contributed by atoms with Crippen molar-refractivity contribution in [3.63, 3.8) is 0 Å². The van der Waals surface area contributed by atoms with Crippen LogP contribution in [0.3, 0.4) is 0 Å². The van der Waals surface area contributed by atoms with Crippen LogP contribution in [0.2, 0.25) is 0 Å². The lowest BCUT2D eigenvalue weighted by atomic mass is 9.82. The Bertz CT molecular complexity index is 1140. The van der Waals surface area contributed by atoms with Crippen LogP contribution in [0.15, 0.2) is 35.8 Å². The van der Waals surface area contributed by atoms with E-state index < -0.39 is 16.9 Å². The number of rotatable bonds is 5. The summed E-state index contributed by atoms with van der Waals surface area (Å²) in [6.45, 7) is 2.93. The first-order valence-corrected chi connectivity index (χ1v) is 11.3. The van der Waals surface area contributed by atoms with Crippen molar-refractivity contribution < 1.29 is 19.4 Å². The number of carbonyl (C=O) groups is 1. The van der Waals surface area contributed by atoms with Gasteiger partial charge in [-0.3, -0.25) is 10.1 Å². The predicted molar refractivity (Wildman–Crippen MR) is 118 cm³/mol. The summed E-state index contributed by atoms with van der Waals surface area (Å²) >= 11 is 8.35. The standard InChI is InChI=1S/C21H21ClN4O4S/c1-12-17(22)21(19(27)28,24-9-13-2-3-15-16(8-13)30-11-29-15)5-6-26(12)20-23-10-14-4-7-31-18(14)25-20/h2-4,7-8,10,12,17,24H,5-6,9,11H2,1H3,(H,27,28). The topological polar surface area (TPSA) is 96.8 Å². The van der Waals surface area contributed by atoms with E-state index in [1.165, 1.54) is 0 Å². The minimum Gasteiger partial charge on any atom is -0.480 e. The highest BCUT2D eigenvalue weighted by Crippen LogP contribution is 2.36. The normalized spacial score (nSPS) is 25.2. The van der Waals surface area contributed by atoms with Gasteiger partial charge in [0.25, 0.3) is 0 Å². The number of aromatic nitrogens is 2. The zero-order valence-corrected chi connectivity index (χ0v) is 18.3. The molecule has 0 saturated carbocycles. The monoisotopic (exact) mass is 460 g/mol. The molecule has 1 aromatic carbocycles. The van der Waals surface area contributed by atoms with Crippen molar-refractivity contribution >= 4 is 45.1 Å². The second-order valence-electron chi connectivity index (χ2n) is 7.75. The van der Waals surface area contributed by atoms with E-state index >= 15 is 0 Å². The van der Waals surface area contributed by atoms with Crippen molar-refractivity contribution in [3.8, 4) is 11.5 Å². The van der Waals surface area contributed by atoms with Crippen molar-refractivity contribution in [1.82, 2.24) is 15.3 Å². The molecule has 5 rings (SSSR count). The molecule has 0 bridgehead atoms.